The zero-order chi connectivity index (χ0) is 15.0. The number of sulfonamides is 1. The molecule has 0 saturated carbocycles. The average molecular weight is 316 g/mol. The second-order valence-corrected chi connectivity index (χ2v) is 9.30. The van der Waals surface area contributed by atoms with Gasteiger partial charge in [0.2, 0.25) is 0 Å². The molecule has 0 unspecified atom stereocenters. The van der Waals surface area contributed by atoms with Gasteiger partial charge in [0, 0.05) is 24.7 Å². The van der Waals surface area contributed by atoms with Crippen molar-refractivity contribution in [2.24, 2.45) is 0 Å². The van der Waals surface area contributed by atoms with Crippen molar-refractivity contribution in [1.29, 1.82) is 0 Å². The Bertz CT molecular complexity index is 561. The fraction of sp³-hybridized carbons (Fsp3) is 0.714. The summed E-state index contributed by atoms with van der Waals surface area (Å²) in [6.45, 7) is 9.52. The van der Waals surface area contributed by atoms with E-state index in [1.807, 2.05) is 25.3 Å². The summed E-state index contributed by atoms with van der Waals surface area (Å²) in [6.07, 6.45) is 1.87. The number of nitrogens with zero attached hydrogens (tertiary/aromatic N) is 1. The Morgan fingerprint density at radius 1 is 1.45 bits per heavy atom. The standard InChI is InChI=1S/C14H24N2O2S2/c1-11(2)15-9-12-8-13(19-10-12)20(17,18)16-7-5-6-14(16,3)4/h8,10-11,15H,5-7,9H2,1-4H3. The van der Waals surface area contributed by atoms with E-state index >= 15 is 0 Å². The maximum absolute atomic E-state index is 12.7. The minimum absolute atomic E-state index is 0.265. The number of thiophene rings is 1. The van der Waals surface area contributed by atoms with Crippen molar-refractivity contribution in [1.82, 2.24) is 9.62 Å². The van der Waals surface area contributed by atoms with Crippen LogP contribution in [-0.2, 0) is 16.6 Å². The van der Waals surface area contributed by atoms with Crippen LogP contribution in [0.5, 0.6) is 0 Å². The van der Waals surface area contributed by atoms with Gasteiger partial charge in [0.25, 0.3) is 10.0 Å². The lowest BCUT2D eigenvalue weighted by Crippen LogP contribution is -2.42. The van der Waals surface area contributed by atoms with E-state index in [2.05, 4.69) is 19.2 Å². The first-order valence-electron chi connectivity index (χ1n) is 7.07. The van der Waals surface area contributed by atoms with Gasteiger partial charge in [-0.3, -0.25) is 0 Å². The molecule has 6 heteroatoms. The van der Waals surface area contributed by atoms with E-state index < -0.39 is 10.0 Å². The van der Waals surface area contributed by atoms with Crippen LogP contribution in [0.25, 0.3) is 0 Å². The van der Waals surface area contributed by atoms with Crippen LogP contribution >= 0.6 is 11.3 Å². The maximum Gasteiger partial charge on any atom is 0.253 e. The van der Waals surface area contributed by atoms with Crippen LogP contribution in [0.15, 0.2) is 15.7 Å². The van der Waals surface area contributed by atoms with Gasteiger partial charge >= 0.3 is 0 Å². The van der Waals surface area contributed by atoms with Crippen LogP contribution in [0.1, 0.15) is 46.1 Å². The monoisotopic (exact) mass is 316 g/mol. The Balaban J connectivity index is 2.18. The average Bonchev–Trinajstić information content (AvgIpc) is 2.92. The Hall–Kier alpha value is -0.430. The third-order valence-electron chi connectivity index (χ3n) is 3.71. The van der Waals surface area contributed by atoms with Gasteiger partial charge in [-0.25, -0.2) is 8.42 Å². The predicted molar refractivity (Wildman–Crippen MR) is 83.5 cm³/mol. The molecule has 20 heavy (non-hydrogen) atoms. The van der Waals surface area contributed by atoms with E-state index in [0.29, 0.717) is 23.3 Å². The van der Waals surface area contributed by atoms with E-state index in [1.165, 1.54) is 11.3 Å². The molecule has 1 fully saturated rings. The third-order valence-corrected chi connectivity index (χ3v) is 7.29. The first-order chi connectivity index (χ1) is 9.23. The number of nitrogens with one attached hydrogen (secondary N) is 1. The fourth-order valence-electron chi connectivity index (χ4n) is 2.54. The first-order valence-corrected chi connectivity index (χ1v) is 9.39. The smallest absolute Gasteiger partial charge is 0.253 e. The molecule has 0 aromatic carbocycles. The van der Waals surface area contributed by atoms with Crippen molar-refractivity contribution in [2.45, 2.75) is 62.9 Å². The normalized spacial score (nSPS) is 19.9. The molecule has 0 bridgehead atoms. The summed E-state index contributed by atoms with van der Waals surface area (Å²) < 4.78 is 27.6. The Kier molecular flexibility index (Phi) is 4.59. The van der Waals surface area contributed by atoms with Crippen molar-refractivity contribution in [3.8, 4) is 0 Å². The SMILES string of the molecule is CC(C)NCc1csc(S(=O)(=O)N2CCCC2(C)C)c1. The molecule has 1 saturated heterocycles. The fourth-order valence-corrected chi connectivity index (χ4v) is 5.71. The minimum Gasteiger partial charge on any atom is -0.310 e. The second kappa shape index (κ2) is 5.75. The summed E-state index contributed by atoms with van der Waals surface area (Å²) in [7, 11) is -3.34. The van der Waals surface area contributed by atoms with Gasteiger partial charge in [0.1, 0.15) is 4.21 Å². The Morgan fingerprint density at radius 2 is 2.15 bits per heavy atom. The van der Waals surface area contributed by atoms with Crippen LogP contribution in [0.2, 0.25) is 0 Å². The minimum atomic E-state index is -3.34. The van der Waals surface area contributed by atoms with Gasteiger partial charge in [0.15, 0.2) is 0 Å². The predicted octanol–water partition coefficient (Wildman–Crippen LogP) is 2.81. The molecular formula is C14H24N2O2S2. The molecule has 1 N–H and O–H groups in total. The highest BCUT2D eigenvalue weighted by Crippen LogP contribution is 2.35. The number of hydrogen-bond donors (Lipinski definition) is 1. The molecule has 1 aliphatic rings. The summed E-state index contributed by atoms with van der Waals surface area (Å²) in [4.78, 5) is 0. The lowest BCUT2D eigenvalue weighted by Gasteiger charge is -2.29. The molecule has 0 atom stereocenters. The molecule has 0 spiro atoms. The lowest BCUT2D eigenvalue weighted by molar-refractivity contribution is 0.292. The zero-order valence-electron chi connectivity index (χ0n) is 12.6. The second-order valence-electron chi connectivity index (χ2n) is 6.30. The third kappa shape index (κ3) is 3.24. The highest BCUT2D eigenvalue weighted by atomic mass is 32.2. The molecule has 2 heterocycles. The molecule has 0 amide bonds. The van der Waals surface area contributed by atoms with Crippen LogP contribution in [0.4, 0.5) is 0 Å². The maximum atomic E-state index is 12.7. The molecule has 4 nitrogen and oxygen atoms in total. The van der Waals surface area contributed by atoms with E-state index in [0.717, 1.165) is 18.4 Å². The van der Waals surface area contributed by atoms with Gasteiger partial charge in [-0.2, -0.15) is 4.31 Å². The van der Waals surface area contributed by atoms with Crippen molar-refractivity contribution < 1.29 is 8.42 Å². The Morgan fingerprint density at radius 3 is 2.70 bits per heavy atom. The van der Waals surface area contributed by atoms with E-state index in [-0.39, 0.29) is 5.54 Å². The van der Waals surface area contributed by atoms with Crippen molar-refractivity contribution in [2.75, 3.05) is 6.54 Å². The van der Waals surface area contributed by atoms with E-state index in [4.69, 9.17) is 0 Å². The molecule has 1 aliphatic heterocycles. The number of rotatable bonds is 5. The van der Waals surface area contributed by atoms with Crippen LogP contribution in [-0.4, -0.2) is 30.8 Å². The first kappa shape index (κ1) is 15.9. The highest BCUT2D eigenvalue weighted by Gasteiger charge is 2.41. The van der Waals surface area contributed by atoms with Crippen molar-refractivity contribution in [3.05, 3.63) is 17.0 Å². The zero-order valence-corrected chi connectivity index (χ0v) is 14.3. The lowest BCUT2D eigenvalue weighted by atomic mass is 10.0. The van der Waals surface area contributed by atoms with E-state index in [9.17, 15) is 8.42 Å². The largest absolute Gasteiger partial charge is 0.310 e. The molecule has 1 aromatic heterocycles. The summed E-state index contributed by atoms with van der Waals surface area (Å²) in [5, 5.41) is 5.25. The molecule has 1 aromatic rings. The van der Waals surface area contributed by atoms with Gasteiger partial charge in [-0.15, -0.1) is 11.3 Å². The summed E-state index contributed by atoms with van der Waals surface area (Å²) >= 11 is 1.33. The Labute approximate surface area is 126 Å². The molecule has 0 radical (unpaired) electrons. The topological polar surface area (TPSA) is 49.4 Å². The van der Waals surface area contributed by atoms with Gasteiger partial charge < -0.3 is 5.32 Å². The summed E-state index contributed by atoms with van der Waals surface area (Å²) in [6, 6.07) is 2.21. The highest BCUT2D eigenvalue weighted by molar-refractivity contribution is 7.91. The van der Waals surface area contributed by atoms with Crippen LogP contribution < -0.4 is 5.32 Å². The summed E-state index contributed by atoms with van der Waals surface area (Å²) in [5.41, 5.74) is 0.776. The van der Waals surface area contributed by atoms with Gasteiger partial charge in [-0.1, -0.05) is 13.8 Å². The van der Waals surface area contributed by atoms with E-state index in [1.54, 1.807) is 4.31 Å². The van der Waals surface area contributed by atoms with Crippen molar-refractivity contribution >= 4 is 21.4 Å². The molecular weight excluding hydrogens is 292 g/mol. The molecule has 114 valence electrons. The molecule has 0 aliphatic carbocycles. The van der Waals surface area contributed by atoms with Gasteiger partial charge in [-0.05, 0) is 43.7 Å². The van der Waals surface area contributed by atoms with Crippen LogP contribution in [0, 0.1) is 0 Å². The van der Waals surface area contributed by atoms with Crippen molar-refractivity contribution in [3.63, 3.8) is 0 Å². The summed E-state index contributed by atoms with van der Waals surface area (Å²) in [5.74, 6) is 0. The quantitative estimate of drug-likeness (QED) is 0.909. The van der Waals surface area contributed by atoms with Gasteiger partial charge in [0.05, 0.1) is 0 Å². The number of hydrogen-bond acceptors (Lipinski definition) is 4. The molecule has 2 rings (SSSR count). The van der Waals surface area contributed by atoms with Crippen LogP contribution in [0.3, 0.4) is 0 Å².